The van der Waals surface area contributed by atoms with E-state index in [1.165, 1.54) is 12.1 Å². The first-order valence-electron chi connectivity index (χ1n) is 7.53. The molecular weight excluding hydrogens is 362 g/mol. The minimum atomic E-state index is -4.60. The molecule has 2 aromatic carbocycles. The number of sulfone groups is 1. The van der Waals surface area contributed by atoms with E-state index in [2.05, 4.69) is 10.3 Å². The van der Waals surface area contributed by atoms with Crippen molar-refractivity contribution in [3.63, 3.8) is 0 Å². The van der Waals surface area contributed by atoms with E-state index in [-0.39, 0.29) is 0 Å². The Morgan fingerprint density at radius 3 is 2.35 bits per heavy atom. The van der Waals surface area contributed by atoms with Crippen molar-refractivity contribution in [1.82, 2.24) is 4.98 Å². The Bertz CT molecular complexity index is 979. The minimum Gasteiger partial charge on any atom is -0.439 e. The summed E-state index contributed by atoms with van der Waals surface area (Å²) < 4.78 is 53.6. The Morgan fingerprint density at radius 2 is 1.69 bits per heavy atom. The van der Waals surface area contributed by atoms with Crippen LogP contribution in [0.3, 0.4) is 0 Å². The maximum absolute atomic E-state index is 12.5. The molecule has 0 spiro atoms. The highest BCUT2D eigenvalue weighted by Gasteiger charge is 2.26. The van der Waals surface area contributed by atoms with Crippen molar-refractivity contribution in [2.24, 2.45) is 0 Å². The third-order valence-corrected chi connectivity index (χ3v) is 4.80. The summed E-state index contributed by atoms with van der Waals surface area (Å²) in [6.45, 7) is 0. The van der Waals surface area contributed by atoms with Gasteiger partial charge in [-0.25, -0.2) is 13.4 Å². The van der Waals surface area contributed by atoms with Gasteiger partial charge in [-0.15, -0.1) is 0 Å². The second-order valence-electron chi connectivity index (χ2n) is 5.25. The average molecular weight is 376 g/mol. The number of alkyl halides is 2. The van der Waals surface area contributed by atoms with Crippen LogP contribution >= 0.6 is 0 Å². The van der Waals surface area contributed by atoms with E-state index in [1.807, 2.05) is 0 Å². The molecule has 0 aliphatic heterocycles. The summed E-state index contributed by atoms with van der Waals surface area (Å²) in [5.74, 6) is -2.43. The highest BCUT2D eigenvalue weighted by atomic mass is 32.2. The fourth-order valence-electron chi connectivity index (χ4n) is 2.16. The number of rotatable bonds is 6. The third-order valence-electron chi connectivity index (χ3n) is 3.40. The van der Waals surface area contributed by atoms with Crippen LogP contribution in [-0.4, -0.2) is 19.2 Å². The van der Waals surface area contributed by atoms with Gasteiger partial charge in [0.2, 0.25) is 15.7 Å². The van der Waals surface area contributed by atoms with Crippen LogP contribution in [0.25, 0.3) is 0 Å². The Labute approximate surface area is 149 Å². The lowest BCUT2D eigenvalue weighted by molar-refractivity contribution is 0.234. The van der Waals surface area contributed by atoms with Gasteiger partial charge >= 0.3 is 5.76 Å². The molecule has 3 aromatic rings. The summed E-state index contributed by atoms with van der Waals surface area (Å²) >= 11 is 0. The molecule has 0 unspecified atom stereocenters. The largest absolute Gasteiger partial charge is 0.439 e. The van der Waals surface area contributed by atoms with Gasteiger partial charge in [0.1, 0.15) is 5.75 Å². The fourth-order valence-corrected chi connectivity index (χ4v) is 2.88. The van der Waals surface area contributed by atoms with Gasteiger partial charge in [-0.3, -0.25) is 0 Å². The molecule has 26 heavy (non-hydrogen) atoms. The van der Waals surface area contributed by atoms with Crippen LogP contribution in [0.2, 0.25) is 0 Å². The van der Waals surface area contributed by atoms with Gasteiger partial charge in [-0.1, -0.05) is 12.1 Å². The quantitative estimate of drug-likeness (QED) is 0.680. The van der Waals surface area contributed by atoms with Gasteiger partial charge < -0.3 is 10.1 Å². The lowest BCUT2D eigenvalue weighted by Gasteiger charge is -2.10. The normalized spacial score (nSPS) is 11.3. The molecule has 1 aromatic heterocycles. The molecule has 0 aliphatic rings. The average Bonchev–Trinajstić information content (AvgIpc) is 2.63. The molecule has 8 heteroatoms. The zero-order valence-corrected chi connectivity index (χ0v) is 14.2. The van der Waals surface area contributed by atoms with Crippen molar-refractivity contribution in [2.75, 3.05) is 5.32 Å². The highest BCUT2D eigenvalue weighted by Crippen LogP contribution is 2.26. The summed E-state index contributed by atoms with van der Waals surface area (Å²) in [6.07, 6.45) is 1.62. The lowest BCUT2D eigenvalue weighted by atomic mass is 10.2. The van der Waals surface area contributed by atoms with Gasteiger partial charge in [0.25, 0.3) is 0 Å². The van der Waals surface area contributed by atoms with E-state index in [0.29, 0.717) is 23.0 Å². The maximum atomic E-state index is 12.5. The standard InChI is InChI=1S/C18H14F2N2O3S/c19-18(20)26(23,24)16-9-7-13(8-10-16)22-14-4-3-5-15(12-14)25-17-6-1-2-11-21-17/h1-12,18,22H. The van der Waals surface area contributed by atoms with Crippen LogP contribution < -0.4 is 10.1 Å². The number of nitrogens with one attached hydrogen (secondary N) is 1. The van der Waals surface area contributed by atoms with Gasteiger partial charge in [0.15, 0.2) is 0 Å². The Balaban J connectivity index is 1.74. The summed E-state index contributed by atoms with van der Waals surface area (Å²) in [4.78, 5) is 3.65. The minimum absolute atomic E-state index is 0.426. The van der Waals surface area contributed by atoms with Crippen LogP contribution in [0, 0.1) is 0 Å². The van der Waals surface area contributed by atoms with Crippen LogP contribution in [0.1, 0.15) is 0 Å². The first-order valence-corrected chi connectivity index (χ1v) is 9.08. The summed E-state index contributed by atoms with van der Waals surface area (Å²) in [6, 6.07) is 17.5. The van der Waals surface area contributed by atoms with E-state index in [9.17, 15) is 17.2 Å². The van der Waals surface area contributed by atoms with Gasteiger partial charge in [-0.05, 0) is 42.5 Å². The van der Waals surface area contributed by atoms with Gasteiger partial charge in [0, 0.05) is 29.7 Å². The molecule has 0 atom stereocenters. The van der Waals surface area contributed by atoms with E-state index in [1.54, 1.807) is 48.7 Å². The topological polar surface area (TPSA) is 68.3 Å². The Morgan fingerprint density at radius 1 is 0.923 bits per heavy atom. The lowest BCUT2D eigenvalue weighted by Crippen LogP contribution is -2.11. The zero-order chi connectivity index (χ0) is 18.6. The smallest absolute Gasteiger partial charge is 0.341 e. The molecule has 0 saturated heterocycles. The second kappa shape index (κ2) is 7.49. The number of aromatic nitrogens is 1. The SMILES string of the molecule is O=S(=O)(c1ccc(Nc2cccc(Oc3ccccn3)c2)cc1)C(F)F. The second-order valence-corrected chi connectivity index (χ2v) is 7.17. The first-order chi connectivity index (χ1) is 12.4. The van der Waals surface area contributed by atoms with Crippen molar-refractivity contribution in [3.05, 3.63) is 72.9 Å². The highest BCUT2D eigenvalue weighted by molar-refractivity contribution is 7.91. The molecule has 1 N–H and O–H groups in total. The number of hydrogen-bond donors (Lipinski definition) is 1. The number of hydrogen-bond acceptors (Lipinski definition) is 5. The fraction of sp³-hybridized carbons (Fsp3) is 0.0556. The van der Waals surface area contributed by atoms with Crippen LogP contribution in [0.4, 0.5) is 20.2 Å². The zero-order valence-electron chi connectivity index (χ0n) is 13.3. The molecule has 5 nitrogen and oxygen atoms in total. The molecule has 0 aliphatic carbocycles. The summed E-state index contributed by atoms with van der Waals surface area (Å²) in [5, 5.41) is 3.06. The number of pyridine rings is 1. The van der Waals surface area contributed by atoms with Crippen molar-refractivity contribution in [3.8, 4) is 11.6 Å². The van der Waals surface area contributed by atoms with Gasteiger partial charge in [-0.2, -0.15) is 8.78 Å². The molecule has 0 amide bonds. The maximum Gasteiger partial charge on any atom is 0.341 e. The molecule has 1 heterocycles. The van der Waals surface area contributed by atoms with Crippen molar-refractivity contribution in [2.45, 2.75) is 10.7 Å². The number of nitrogens with zero attached hydrogens (tertiary/aromatic N) is 1. The van der Waals surface area contributed by atoms with E-state index >= 15 is 0 Å². The molecular formula is C18H14F2N2O3S. The predicted octanol–water partition coefficient (Wildman–Crippen LogP) is 4.61. The molecule has 3 rings (SSSR count). The monoisotopic (exact) mass is 376 g/mol. The van der Waals surface area contributed by atoms with E-state index < -0.39 is 20.5 Å². The van der Waals surface area contributed by atoms with Crippen LogP contribution in [-0.2, 0) is 9.84 Å². The predicted molar refractivity (Wildman–Crippen MR) is 93.7 cm³/mol. The van der Waals surface area contributed by atoms with Crippen molar-refractivity contribution < 1.29 is 21.9 Å². The van der Waals surface area contributed by atoms with E-state index in [4.69, 9.17) is 4.74 Å². The Hall–Kier alpha value is -3.00. The summed E-state index contributed by atoms with van der Waals surface area (Å²) in [7, 11) is -4.60. The van der Waals surface area contributed by atoms with Crippen molar-refractivity contribution >= 4 is 21.2 Å². The number of benzene rings is 2. The third kappa shape index (κ3) is 4.15. The molecule has 134 valence electrons. The number of ether oxygens (including phenoxy) is 1. The van der Waals surface area contributed by atoms with Gasteiger partial charge in [0.05, 0.1) is 4.90 Å². The van der Waals surface area contributed by atoms with Crippen LogP contribution in [0.5, 0.6) is 11.6 Å². The number of halogens is 2. The molecule has 0 saturated carbocycles. The van der Waals surface area contributed by atoms with E-state index in [0.717, 1.165) is 12.1 Å². The summed E-state index contributed by atoms with van der Waals surface area (Å²) in [5.41, 5.74) is 1.23. The van der Waals surface area contributed by atoms with Crippen molar-refractivity contribution in [1.29, 1.82) is 0 Å². The molecule has 0 fully saturated rings. The first kappa shape index (κ1) is 17.8. The van der Waals surface area contributed by atoms with Crippen LogP contribution in [0.15, 0.2) is 77.8 Å². The number of anilines is 2. The molecule has 0 bridgehead atoms. The Kier molecular flexibility index (Phi) is 5.13. The molecule has 0 radical (unpaired) electrons.